The summed E-state index contributed by atoms with van der Waals surface area (Å²) in [5, 5.41) is 11.1. The molecule has 1 amide bonds. The van der Waals surface area contributed by atoms with Crippen LogP contribution in [0, 0.1) is 0 Å². The van der Waals surface area contributed by atoms with E-state index in [9.17, 15) is 14.7 Å². The lowest BCUT2D eigenvalue weighted by atomic mass is 9.97. The molecule has 1 N–H and O–H groups in total. The highest BCUT2D eigenvalue weighted by molar-refractivity contribution is 6.46. The highest BCUT2D eigenvalue weighted by atomic mass is 16.5. The van der Waals surface area contributed by atoms with E-state index in [-0.39, 0.29) is 17.9 Å². The van der Waals surface area contributed by atoms with Crippen molar-refractivity contribution in [1.29, 1.82) is 0 Å². The minimum Gasteiger partial charge on any atom is -0.507 e. The maximum atomic E-state index is 13.1. The minimum atomic E-state index is -0.798. The summed E-state index contributed by atoms with van der Waals surface area (Å²) in [5.41, 5.74) is 2.96. The number of hydrogen-bond donors (Lipinski definition) is 1. The number of carbonyl (C=O) groups excluding carboxylic acids is 2. The smallest absolute Gasteiger partial charge is 0.296 e. The van der Waals surface area contributed by atoms with Gasteiger partial charge < -0.3 is 14.7 Å². The number of aromatic nitrogens is 1. The standard InChI is InChI=1S/C26H24N2O4/c1-3-17-10-12-19(13-11-17)24(29)22-23(21-9-4-5-14-27-21)28(26(31)25(22)30)16-18-7-6-8-20(15-18)32-2/h4-15,23,29H,3,16H2,1-2H3/b24-22-. The van der Waals surface area contributed by atoms with Gasteiger partial charge in [0.25, 0.3) is 11.7 Å². The zero-order valence-corrected chi connectivity index (χ0v) is 18.0. The summed E-state index contributed by atoms with van der Waals surface area (Å²) in [6.07, 6.45) is 2.47. The largest absolute Gasteiger partial charge is 0.507 e. The molecule has 4 rings (SSSR count). The summed E-state index contributed by atoms with van der Waals surface area (Å²) in [6, 6.07) is 19.2. The molecule has 32 heavy (non-hydrogen) atoms. The number of nitrogens with zero attached hydrogens (tertiary/aromatic N) is 2. The van der Waals surface area contributed by atoms with E-state index in [0.29, 0.717) is 17.0 Å². The molecule has 1 aliphatic rings. The average Bonchev–Trinajstić information content (AvgIpc) is 3.09. The van der Waals surface area contributed by atoms with Crippen molar-refractivity contribution in [2.75, 3.05) is 7.11 Å². The zero-order chi connectivity index (χ0) is 22.7. The number of benzene rings is 2. The van der Waals surface area contributed by atoms with Crippen molar-refractivity contribution in [2.45, 2.75) is 25.9 Å². The summed E-state index contributed by atoms with van der Waals surface area (Å²) in [5.74, 6) is -0.935. The Hall–Kier alpha value is -3.93. The van der Waals surface area contributed by atoms with Crippen LogP contribution in [0.25, 0.3) is 5.76 Å². The van der Waals surface area contributed by atoms with Crippen molar-refractivity contribution in [3.63, 3.8) is 0 Å². The quantitative estimate of drug-likeness (QED) is 0.360. The first kappa shape index (κ1) is 21.3. The first-order valence-electron chi connectivity index (χ1n) is 10.4. The van der Waals surface area contributed by atoms with E-state index in [1.165, 1.54) is 4.90 Å². The number of aliphatic hydroxyl groups is 1. The van der Waals surface area contributed by atoms with Crippen LogP contribution in [-0.2, 0) is 22.6 Å². The van der Waals surface area contributed by atoms with E-state index in [1.807, 2.05) is 43.3 Å². The summed E-state index contributed by atoms with van der Waals surface area (Å²) in [7, 11) is 1.57. The number of ketones is 1. The average molecular weight is 428 g/mol. The third-order valence-electron chi connectivity index (χ3n) is 5.63. The number of amides is 1. The Labute approximate surface area is 186 Å². The molecule has 1 saturated heterocycles. The van der Waals surface area contributed by atoms with Crippen molar-refractivity contribution in [3.8, 4) is 5.75 Å². The molecule has 0 radical (unpaired) electrons. The molecule has 6 heteroatoms. The lowest BCUT2D eigenvalue weighted by Crippen LogP contribution is -2.29. The number of methoxy groups -OCH3 is 1. The normalized spacial score (nSPS) is 17.6. The van der Waals surface area contributed by atoms with Gasteiger partial charge in [-0.15, -0.1) is 0 Å². The van der Waals surface area contributed by atoms with Gasteiger partial charge in [-0.2, -0.15) is 0 Å². The Morgan fingerprint density at radius 3 is 2.47 bits per heavy atom. The number of carbonyl (C=O) groups is 2. The SMILES string of the molecule is CCc1ccc(/C(O)=C2/C(=O)C(=O)N(Cc3cccc(OC)c3)C2c2ccccn2)cc1. The van der Waals surface area contributed by atoms with Crippen molar-refractivity contribution >= 4 is 17.4 Å². The van der Waals surface area contributed by atoms with Gasteiger partial charge in [0, 0.05) is 18.3 Å². The van der Waals surface area contributed by atoms with E-state index in [2.05, 4.69) is 4.98 Å². The maximum absolute atomic E-state index is 13.1. The van der Waals surface area contributed by atoms with E-state index in [4.69, 9.17) is 4.74 Å². The molecule has 2 heterocycles. The summed E-state index contributed by atoms with van der Waals surface area (Å²) >= 11 is 0. The summed E-state index contributed by atoms with van der Waals surface area (Å²) < 4.78 is 5.28. The van der Waals surface area contributed by atoms with Gasteiger partial charge >= 0.3 is 0 Å². The first-order valence-corrected chi connectivity index (χ1v) is 10.4. The first-order chi connectivity index (χ1) is 15.5. The predicted molar refractivity (Wildman–Crippen MR) is 121 cm³/mol. The molecule has 0 aliphatic carbocycles. The van der Waals surface area contributed by atoms with Crippen LogP contribution in [0.4, 0.5) is 0 Å². The van der Waals surface area contributed by atoms with Gasteiger partial charge in [0.15, 0.2) is 0 Å². The van der Waals surface area contributed by atoms with Crippen LogP contribution in [0.2, 0.25) is 0 Å². The summed E-state index contributed by atoms with van der Waals surface area (Å²) in [4.78, 5) is 32.0. The number of aryl methyl sites for hydroxylation is 1. The second-order valence-corrected chi connectivity index (χ2v) is 7.58. The van der Waals surface area contributed by atoms with Crippen LogP contribution in [0.1, 0.15) is 35.3 Å². The molecule has 1 aromatic heterocycles. The second kappa shape index (κ2) is 9.06. The Balaban J connectivity index is 1.81. The lowest BCUT2D eigenvalue weighted by Gasteiger charge is -2.24. The van der Waals surface area contributed by atoms with Crippen LogP contribution in [0.15, 0.2) is 78.5 Å². The van der Waals surface area contributed by atoms with E-state index < -0.39 is 17.7 Å². The second-order valence-electron chi connectivity index (χ2n) is 7.58. The monoisotopic (exact) mass is 428 g/mol. The van der Waals surface area contributed by atoms with Crippen molar-refractivity contribution in [3.05, 3.63) is 101 Å². The van der Waals surface area contributed by atoms with Crippen LogP contribution in [0.5, 0.6) is 5.75 Å². The molecular weight excluding hydrogens is 404 g/mol. The topological polar surface area (TPSA) is 79.7 Å². The maximum Gasteiger partial charge on any atom is 0.296 e. The van der Waals surface area contributed by atoms with Crippen LogP contribution < -0.4 is 4.74 Å². The number of hydrogen-bond acceptors (Lipinski definition) is 5. The molecule has 0 bridgehead atoms. The fourth-order valence-corrected chi connectivity index (χ4v) is 3.91. The van der Waals surface area contributed by atoms with Gasteiger partial charge in [0.2, 0.25) is 0 Å². The Kier molecular flexibility index (Phi) is 6.03. The van der Waals surface area contributed by atoms with Gasteiger partial charge in [-0.05, 0) is 41.8 Å². The molecule has 1 unspecified atom stereocenters. The van der Waals surface area contributed by atoms with Crippen molar-refractivity contribution < 1.29 is 19.4 Å². The molecule has 3 aromatic rings. The van der Waals surface area contributed by atoms with Gasteiger partial charge in [0.05, 0.1) is 18.4 Å². The molecular formula is C26H24N2O4. The van der Waals surface area contributed by atoms with Crippen molar-refractivity contribution in [1.82, 2.24) is 9.88 Å². The summed E-state index contributed by atoms with van der Waals surface area (Å²) in [6.45, 7) is 2.22. The molecule has 1 atom stereocenters. The van der Waals surface area contributed by atoms with Crippen LogP contribution in [0.3, 0.4) is 0 Å². The number of likely N-dealkylation sites (tertiary alicyclic amines) is 1. The van der Waals surface area contributed by atoms with Gasteiger partial charge in [-0.3, -0.25) is 14.6 Å². The third kappa shape index (κ3) is 3.99. The number of ether oxygens (including phenoxy) is 1. The highest BCUT2D eigenvalue weighted by Crippen LogP contribution is 2.39. The van der Waals surface area contributed by atoms with E-state index in [1.54, 1.807) is 43.6 Å². The molecule has 2 aromatic carbocycles. The lowest BCUT2D eigenvalue weighted by molar-refractivity contribution is -0.140. The Bertz CT molecular complexity index is 1170. The van der Waals surface area contributed by atoms with E-state index in [0.717, 1.165) is 17.5 Å². The Morgan fingerprint density at radius 2 is 1.81 bits per heavy atom. The molecule has 6 nitrogen and oxygen atoms in total. The number of rotatable bonds is 6. The number of Topliss-reactive ketones (excluding diaryl/α,β-unsaturated/α-hetero) is 1. The zero-order valence-electron chi connectivity index (χ0n) is 18.0. The molecule has 162 valence electrons. The van der Waals surface area contributed by atoms with Gasteiger partial charge in [-0.1, -0.05) is 49.4 Å². The van der Waals surface area contributed by atoms with Crippen molar-refractivity contribution in [2.24, 2.45) is 0 Å². The third-order valence-corrected chi connectivity index (χ3v) is 5.63. The number of pyridine rings is 1. The fourth-order valence-electron chi connectivity index (χ4n) is 3.91. The molecule has 1 fully saturated rings. The fraction of sp³-hybridized carbons (Fsp3) is 0.192. The predicted octanol–water partition coefficient (Wildman–Crippen LogP) is 4.27. The van der Waals surface area contributed by atoms with Crippen LogP contribution in [-0.4, -0.2) is 33.8 Å². The van der Waals surface area contributed by atoms with Crippen LogP contribution >= 0.6 is 0 Å². The minimum absolute atomic E-state index is 0.0424. The van der Waals surface area contributed by atoms with Gasteiger partial charge in [-0.25, -0.2) is 0 Å². The molecule has 0 saturated carbocycles. The van der Waals surface area contributed by atoms with E-state index >= 15 is 0 Å². The molecule has 0 spiro atoms. The Morgan fingerprint density at radius 1 is 1.03 bits per heavy atom. The van der Waals surface area contributed by atoms with Gasteiger partial charge in [0.1, 0.15) is 17.6 Å². The highest BCUT2D eigenvalue weighted by Gasteiger charge is 2.46. The molecule has 1 aliphatic heterocycles. The number of aliphatic hydroxyl groups excluding tert-OH is 1.